The van der Waals surface area contributed by atoms with Crippen LogP contribution >= 0.6 is 0 Å². The molecule has 0 aliphatic heterocycles. The van der Waals surface area contributed by atoms with Gasteiger partial charge in [0.2, 0.25) is 0 Å². The quantitative estimate of drug-likeness (QED) is 0.228. The van der Waals surface area contributed by atoms with Crippen molar-refractivity contribution in [3.8, 4) is 28.7 Å². The number of aromatic nitrogens is 6. The third-order valence-corrected chi connectivity index (χ3v) is 7.41. The lowest BCUT2D eigenvalue weighted by atomic mass is 10.1. The Bertz CT molecular complexity index is 1390. The fraction of sp³-hybridized carbons (Fsp3) is 0.400. The Balaban J connectivity index is 1.42. The lowest BCUT2D eigenvalue weighted by Crippen LogP contribution is -2.26. The number of nitrogens with zero attached hydrogens (tertiary/aromatic N) is 6. The van der Waals surface area contributed by atoms with Crippen molar-refractivity contribution < 1.29 is 14.0 Å². The molecule has 0 radical (unpaired) electrons. The van der Waals surface area contributed by atoms with Crippen LogP contribution in [0.4, 0.5) is 0 Å². The van der Waals surface area contributed by atoms with Crippen LogP contribution in [-0.2, 0) is 18.5 Å². The number of hydrogen-bond acceptors (Lipinski definition) is 8. The maximum atomic E-state index is 12.5. The Kier molecular flexibility index (Phi) is 7.50. The van der Waals surface area contributed by atoms with Gasteiger partial charge in [-0.3, -0.25) is 9.36 Å². The summed E-state index contributed by atoms with van der Waals surface area (Å²) in [5.74, 6) is 1.13. The predicted molar refractivity (Wildman–Crippen MR) is 138 cm³/mol. The molecule has 0 aliphatic carbocycles. The molecule has 3 aromatic heterocycles. The van der Waals surface area contributed by atoms with E-state index in [0.717, 1.165) is 17.2 Å². The molecular weight excluding hydrogens is 476 g/mol. The van der Waals surface area contributed by atoms with Gasteiger partial charge in [-0.2, -0.15) is 5.10 Å². The highest BCUT2D eigenvalue weighted by Crippen LogP contribution is 2.27. The van der Waals surface area contributed by atoms with Gasteiger partial charge in [-0.25, -0.2) is 4.68 Å². The second-order valence-corrected chi connectivity index (χ2v) is 15.7. The average Bonchev–Trinajstić information content (AvgIpc) is 3.45. The molecule has 0 fully saturated rings. The smallest absolute Gasteiger partial charge is 0.317 e. The number of rotatable bonds is 10. The van der Waals surface area contributed by atoms with Gasteiger partial charge in [0.05, 0.1) is 6.20 Å². The maximum absolute atomic E-state index is 12.5. The molecular formula is C25H32N6O4Si. The van der Waals surface area contributed by atoms with Crippen molar-refractivity contribution >= 4 is 8.07 Å². The van der Waals surface area contributed by atoms with Crippen LogP contribution in [0.2, 0.25) is 25.7 Å². The Morgan fingerprint density at radius 1 is 1.11 bits per heavy atom. The summed E-state index contributed by atoms with van der Waals surface area (Å²) in [6.07, 6.45) is 1.15. The summed E-state index contributed by atoms with van der Waals surface area (Å²) in [5, 5.41) is 16.7. The van der Waals surface area contributed by atoms with Crippen molar-refractivity contribution in [2.45, 2.75) is 52.4 Å². The van der Waals surface area contributed by atoms with Crippen LogP contribution in [0.15, 0.2) is 51.9 Å². The fourth-order valence-corrected chi connectivity index (χ4v) is 4.24. The van der Waals surface area contributed by atoms with Crippen molar-refractivity contribution in [1.29, 1.82) is 0 Å². The van der Waals surface area contributed by atoms with Gasteiger partial charge in [0.1, 0.15) is 18.5 Å². The van der Waals surface area contributed by atoms with Crippen LogP contribution in [0, 0.1) is 6.92 Å². The van der Waals surface area contributed by atoms with Crippen LogP contribution in [0.1, 0.15) is 24.3 Å². The van der Waals surface area contributed by atoms with Crippen molar-refractivity contribution in [3.05, 3.63) is 64.2 Å². The minimum Gasteiger partial charge on any atom is -0.454 e. The van der Waals surface area contributed by atoms with Crippen LogP contribution < -0.4 is 10.3 Å². The molecule has 1 atom stereocenters. The molecule has 10 nitrogen and oxygen atoms in total. The Morgan fingerprint density at radius 2 is 1.92 bits per heavy atom. The van der Waals surface area contributed by atoms with E-state index in [1.54, 1.807) is 17.8 Å². The van der Waals surface area contributed by atoms with E-state index in [9.17, 15) is 4.79 Å². The summed E-state index contributed by atoms with van der Waals surface area (Å²) < 4.78 is 20.1. The topological polar surface area (TPSA) is 110 Å². The van der Waals surface area contributed by atoms with Crippen molar-refractivity contribution in [2.75, 3.05) is 6.61 Å². The van der Waals surface area contributed by atoms with E-state index in [1.165, 1.54) is 10.7 Å². The first-order valence-electron chi connectivity index (χ1n) is 11.9. The van der Waals surface area contributed by atoms with E-state index in [4.69, 9.17) is 14.0 Å². The minimum absolute atomic E-state index is 0.122. The zero-order valence-corrected chi connectivity index (χ0v) is 22.6. The number of benzene rings is 1. The molecule has 190 valence electrons. The Morgan fingerprint density at radius 3 is 2.64 bits per heavy atom. The minimum atomic E-state index is -1.19. The van der Waals surface area contributed by atoms with Gasteiger partial charge in [0, 0.05) is 45.0 Å². The molecule has 3 heterocycles. The second kappa shape index (κ2) is 10.6. The predicted octanol–water partition coefficient (Wildman–Crippen LogP) is 4.45. The summed E-state index contributed by atoms with van der Waals surface area (Å²) >= 11 is 0. The number of hydrogen-bond donors (Lipinski definition) is 0. The van der Waals surface area contributed by atoms with E-state index in [2.05, 4.69) is 40.1 Å². The lowest BCUT2D eigenvalue weighted by molar-refractivity contribution is 0.0750. The van der Waals surface area contributed by atoms with E-state index in [1.807, 2.05) is 44.2 Å². The van der Waals surface area contributed by atoms with Gasteiger partial charge >= 0.3 is 6.01 Å². The number of aryl methyl sites for hydroxylation is 1. The first-order chi connectivity index (χ1) is 17.1. The molecule has 4 rings (SSSR count). The van der Waals surface area contributed by atoms with Crippen LogP contribution in [-0.4, -0.2) is 44.4 Å². The van der Waals surface area contributed by atoms with Gasteiger partial charge in [-0.05, 0) is 26.0 Å². The summed E-state index contributed by atoms with van der Waals surface area (Å²) in [6, 6.07) is 12.6. The molecule has 0 saturated carbocycles. The second-order valence-electron chi connectivity index (χ2n) is 10.0. The van der Waals surface area contributed by atoms with Crippen LogP contribution in [0.5, 0.6) is 6.01 Å². The SMILES string of the molecule is Cc1cccc(-c2cc([C@@H](C)Oc3nnc(-c4cnn(COCC[Si](C)(C)C)c(=O)c4)n3C)no2)c1. The largest absolute Gasteiger partial charge is 0.454 e. The van der Waals surface area contributed by atoms with Gasteiger partial charge in [-0.1, -0.05) is 53.7 Å². The van der Waals surface area contributed by atoms with Gasteiger partial charge in [0.15, 0.2) is 11.6 Å². The molecule has 0 saturated heterocycles. The molecule has 0 unspecified atom stereocenters. The zero-order chi connectivity index (χ0) is 25.9. The summed E-state index contributed by atoms with van der Waals surface area (Å²) in [4.78, 5) is 12.5. The standard InChI is InChI=1S/C25H32N6O4Si/c1-17-8-7-9-19(12-17)22-14-21(29-35-22)18(2)34-25-28-27-24(30(25)3)20-13-23(32)31(26-15-20)16-33-10-11-36(4,5)6/h7-9,12-15,18H,10-11,16H2,1-6H3/t18-/m1/s1. The molecule has 0 bridgehead atoms. The van der Waals surface area contributed by atoms with Gasteiger partial charge in [-0.15, -0.1) is 5.10 Å². The number of ether oxygens (including phenoxy) is 2. The molecule has 11 heteroatoms. The summed E-state index contributed by atoms with van der Waals surface area (Å²) in [5.41, 5.74) is 2.99. The molecule has 0 N–H and O–H groups in total. The zero-order valence-electron chi connectivity index (χ0n) is 21.6. The Labute approximate surface area is 210 Å². The maximum Gasteiger partial charge on any atom is 0.317 e. The highest BCUT2D eigenvalue weighted by molar-refractivity contribution is 6.76. The summed E-state index contributed by atoms with van der Waals surface area (Å²) in [7, 11) is 0.579. The molecule has 4 aromatic rings. The lowest BCUT2D eigenvalue weighted by Gasteiger charge is -2.15. The monoisotopic (exact) mass is 508 g/mol. The Hall–Kier alpha value is -3.57. The normalized spacial score (nSPS) is 12.6. The van der Waals surface area contributed by atoms with Crippen molar-refractivity contribution in [1.82, 2.24) is 29.7 Å². The summed E-state index contributed by atoms with van der Waals surface area (Å²) in [6.45, 7) is 11.5. The third kappa shape index (κ3) is 6.16. The molecule has 36 heavy (non-hydrogen) atoms. The van der Waals surface area contributed by atoms with E-state index in [-0.39, 0.29) is 18.3 Å². The van der Waals surface area contributed by atoms with E-state index in [0.29, 0.717) is 29.4 Å². The highest BCUT2D eigenvalue weighted by Gasteiger charge is 2.20. The van der Waals surface area contributed by atoms with E-state index < -0.39 is 14.2 Å². The average molecular weight is 509 g/mol. The molecule has 0 aliphatic rings. The fourth-order valence-electron chi connectivity index (χ4n) is 3.48. The van der Waals surface area contributed by atoms with Crippen molar-refractivity contribution in [2.24, 2.45) is 7.05 Å². The highest BCUT2D eigenvalue weighted by atomic mass is 28.3. The van der Waals surface area contributed by atoms with Gasteiger partial charge < -0.3 is 14.0 Å². The molecule has 0 amide bonds. The first-order valence-corrected chi connectivity index (χ1v) is 15.6. The van der Waals surface area contributed by atoms with E-state index >= 15 is 0 Å². The van der Waals surface area contributed by atoms with Crippen LogP contribution in [0.3, 0.4) is 0 Å². The van der Waals surface area contributed by atoms with Gasteiger partial charge in [0.25, 0.3) is 5.56 Å². The van der Waals surface area contributed by atoms with Crippen molar-refractivity contribution in [3.63, 3.8) is 0 Å². The third-order valence-electron chi connectivity index (χ3n) is 5.70. The molecule has 0 spiro atoms. The molecule has 1 aromatic carbocycles. The first kappa shape index (κ1) is 25.5. The van der Waals surface area contributed by atoms with Crippen LogP contribution in [0.25, 0.3) is 22.7 Å².